The minimum absolute atomic E-state index is 0.0431. The largest absolute Gasteiger partial charge is 0.489 e. The van der Waals surface area contributed by atoms with Crippen molar-refractivity contribution in [3.05, 3.63) is 89.6 Å². The van der Waals surface area contributed by atoms with Gasteiger partial charge in [-0.1, -0.05) is 36.4 Å². The summed E-state index contributed by atoms with van der Waals surface area (Å²) in [4.78, 5) is 16.5. The maximum absolute atomic E-state index is 12.4. The van der Waals surface area contributed by atoms with Crippen LogP contribution >= 0.6 is 0 Å². The second-order valence-corrected chi connectivity index (χ2v) is 5.61. The van der Waals surface area contributed by atoms with Gasteiger partial charge in [0.2, 0.25) is 5.88 Å². The second kappa shape index (κ2) is 8.11. The van der Waals surface area contributed by atoms with Gasteiger partial charge in [-0.15, -0.1) is 0 Å². The van der Waals surface area contributed by atoms with Gasteiger partial charge in [-0.25, -0.2) is 4.98 Å². The predicted molar refractivity (Wildman–Crippen MR) is 96.0 cm³/mol. The molecule has 3 rings (SSSR count). The SMILES string of the molecule is COc1ccc(CC(=O)c2ccc(OCc3ccccc3)cc2)cn1. The summed E-state index contributed by atoms with van der Waals surface area (Å²) in [6.45, 7) is 0.506. The number of hydrogen-bond donors (Lipinski definition) is 0. The molecule has 0 unspecified atom stereocenters. The van der Waals surface area contributed by atoms with Crippen LogP contribution in [0.3, 0.4) is 0 Å². The van der Waals surface area contributed by atoms with Crippen molar-refractivity contribution in [2.75, 3.05) is 7.11 Å². The monoisotopic (exact) mass is 333 g/mol. The molecular weight excluding hydrogens is 314 g/mol. The van der Waals surface area contributed by atoms with E-state index in [1.54, 1.807) is 31.5 Å². The van der Waals surface area contributed by atoms with Gasteiger partial charge < -0.3 is 9.47 Å². The third kappa shape index (κ3) is 4.67. The molecule has 0 atom stereocenters. The van der Waals surface area contributed by atoms with Gasteiger partial charge in [0.25, 0.3) is 0 Å². The van der Waals surface area contributed by atoms with Crippen LogP contribution in [0.1, 0.15) is 21.5 Å². The van der Waals surface area contributed by atoms with E-state index >= 15 is 0 Å². The van der Waals surface area contributed by atoms with Crippen LogP contribution in [0.2, 0.25) is 0 Å². The number of carbonyl (C=O) groups excluding carboxylic acids is 1. The molecule has 0 aliphatic heterocycles. The number of pyridine rings is 1. The number of benzene rings is 2. The quantitative estimate of drug-likeness (QED) is 0.611. The molecule has 0 amide bonds. The average Bonchev–Trinajstić information content (AvgIpc) is 2.68. The fourth-order valence-corrected chi connectivity index (χ4v) is 2.40. The van der Waals surface area contributed by atoms with E-state index in [1.807, 2.05) is 48.5 Å². The van der Waals surface area contributed by atoms with E-state index in [2.05, 4.69) is 4.98 Å². The maximum Gasteiger partial charge on any atom is 0.212 e. The van der Waals surface area contributed by atoms with Gasteiger partial charge >= 0.3 is 0 Å². The van der Waals surface area contributed by atoms with Crippen LogP contribution in [0.5, 0.6) is 11.6 Å². The van der Waals surface area contributed by atoms with Gasteiger partial charge in [0, 0.05) is 24.2 Å². The fraction of sp³-hybridized carbons (Fsp3) is 0.143. The van der Waals surface area contributed by atoms with Crippen molar-refractivity contribution >= 4 is 5.78 Å². The van der Waals surface area contributed by atoms with Crippen molar-refractivity contribution in [1.82, 2.24) is 4.98 Å². The summed E-state index contributed by atoms with van der Waals surface area (Å²) in [5, 5.41) is 0. The van der Waals surface area contributed by atoms with Gasteiger partial charge in [-0.05, 0) is 35.4 Å². The Morgan fingerprint density at radius 2 is 1.68 bits per heavy atom. The van der Waals surface area contributed by atoms with E-state index in [-0.39, 0.29) is 5.78 Å². The molecule has 4 heteroatoms. The van der Waals surface area contributed by atoms with E-state index in [9.17, 15) is 4.79 Å². The Labute approximate surface area is 147 Å². The second-order valence-electron chi connectivity index (χ2n) is 5.61. The van der Waals surface area contributed by atoms with Crippen molar-refractivity contribution < 1.29 is 14.3 Å². The highest BCUT2D eigenvalue weighted by molar-refractivity contribution is 5.97. The lowest BCUT2D eigenvalue weighted by molar-refractivity contribution is 0.0993. The summed E-state index contributed by atoms with van der Waals surface area (Å²) in [5.41, 5.74) is 2.62. The van der Waals surface area contributed by atoms with Crippen LogP contribution in [0.4, 0.5) is 0 Å². The standard InChI is InChI=1S/C21H19NO3/c1-24-21-12-7-17(14-22-21)13-20(23)18-8-10-19(11-9-18)25-15-16-5-3-2-4-6-16/h2-12,14H,13,15H2,1H3. The zero-order chi connectivity index (χ0) is 17.5. The first-order chi connectivity index (χ1) is 12.2. The first-order valence-corrected chi connectivity index (χ1v) is 8.03. The Balaban J connectivity index is 1.58. The number of aromatic nitrogens is 1. The van der Waals surface area contributed by atoms with Crippen molar-refractivity contribution in [3.63, 3.8) is 0 Å². The normalized spacial score (nSPS) is 10.3. The van der Waals surface area contributed by atoms with Crippen LogP contribution in [-0.4, -0.2) is 17.9 Å². The molecule has 0 fully saturated rings. The van der Waals surface area contributed by atoms with Gasteiger partial charge in [0.15, 0.2) is 5.78 Å². The third-order valence-corrected chi connectivity index (χ3v) is 3.80. The summed E-state index contributed by atoms with van der Waals surface area (Å²) in [6, 6.07) is 20.8. The van der Waals surface area contributed by atoms with Crippen LogP contribution in [0.25, 0.3) is 0 Å². The molecular formula is C21H19NO3. The van der Waals surface area contributed by atoms with Crippen LogP contribution in [0.15, 0.2) is 72.9 Å². The fourth-order valence-electron chi connectivity index (χ4n) is 2.40. The van der Waals surface area contributed by atoms with E-state index < -0.39 is 0 Å². The molecule has 1 heterocycles. The highest BCUT2D eigenvalue weighted by Crippen LogP contribution is 2.16. The molecule has 1 aromatic heterocycles. The highest BCUT2D eigenvalue weighted by Gasteiger charge is 2.08. The number of nitrogens with zero attached hydrogens (tertiary/aromatic N) is 1. The minimum atomic E-state index is 0.0431. The Hall–Kier alpha value is -3.14. The van der Waals surface area contributed by atoms with E-state index in [1.165, 1.54) is 0 Å². The van der Waals surface area contributed by atoms with Gasteiger partial charge in [-0.3, -0.25) is 4.79 Å². The van der Waals surface area contributed by atoms with Crippen molar-refractivity contribution in [3.8, 4) is 11.6 Å². The van der Waals surface area contributed by atoms with E-state index in [4.69, 9.17) is 9.47 Å². The minimum Gasteiger partial charge on any atom is -0.489 e. The summed E-state index contributed by atoms with van der Waals surface area (Å²) >= 11 is 0. The van der Waals surface area contributed by atoms with E-state index in [0.717, 1.165) is 16.9 Å². The average molecular weight is 333 g/mol. The molecule has 126 valence electrons. The summed E-state index contributed by atoms with van der Waals surface area (Å²) in [5.74, 6) is 1.32. The van der Waals surface area contributed by atoms with Gasteiger partial charge in [-0.2, -0.15) is 0 Å². The number of Topliss-reactive ketones (excluding diaryl/α,β-unsaturated/α-hetero) is 1. The Bertz CT molecular complexity index is 812. The first-order valence-electron chi connectivity index (χ1n) is 8.03. The first kappa shape index (κ1) is 16.7. The zero-order valence-electron chi connectivity index (χ0n) is 14.0. The molecule has 0 saturated heterocycles. The maximum atomic E-state index is 12.4. The molecule has 3 aromatic rings. The zero-order valence-corrected chi connectivity index (χ0v) is 14.0. The molecule has 4 nitrogen and oxygen atoms in total. The van der Waals surface area contributed by atoms with Crippen LogP contribution < -0.4 is 9.47 Å². The Morgan fingerprint density at radius 1 is 0.920 bits per heavy atom. The van der Waals surface area contributed by atoms with Crippen molar-refractivity contribution in [2.24, 2.45) is 0 Å². The van der Waals surface area contributed by atoms with Gasteiger partial charge in [0.1, 0.15) is 12.4 Å². The number of methoxy groups -OCH3 is 1. The van der Waals surface area contributed by atoms with Gasteiger partial charge in [0.05, 0.1) is 7.11 Å². The topological polar surface area (TPSA) is 48.4 Å². The molecule has 0 radical (unpaired) electrons. The third-order valence-electron chi connectivity index (χ3n) is 3.80. The lowest BCUT2D eigenvalue weighted by Gasteiger charge is -2.07. The number of ether oxygens (including phenoxy) is 2. The van der Waals surface area contributed by atoms with Crippen LogP contribution in [0, 0.1) is 0 Å². The number of hydrogen-bond acceptors (Lipinski definition) is 4. The molecule has 0 bridgehead atoms. The van der Waals surface area contributed by atoms with E-state index in [0.29, 0.717) is 24.5 Å². The van der Waals surface area contributed by atoms with Crippen LogP contribution in [-0.2, 0) is 13.0 Å². The molecule has 25 heavy (non-hydrogen) atoms. The summed E-state index contributed by atoms with van der Waals surface area (Å²) in [7, 11) is 1.56. The molecule has 2 aromatic carbocycles. The molecule has 0 aliphatic carbocycles. The number of carbonyl (C=O) groups is 1. The summed E-state index contributed by atoms with van der Waals surface area (Å²) in [6.07, 6.45) is 1.97. The molecule has 0 N–H and O–H groups in total. The molecule has 0 spiro atoms. The van der Waals surface area contributed by atoms with Crippen molar-refractivity contribution in [1.29, 1.82) is 0 Å². The highest BCUT2D eigenvalue weighted by atomic mass is 16.5. The lowest BCUT2D eigenvalue weighted by atomic mass is 10.0. The van der Waals surface area contributed by atoms with Crippen molar-refractivity contribution in [2.45, 2.75) is 13.0 Å². The predicted octanol–water partition coefficient (Wildman–Crippen LogP) is 4.09. The lowest BCUT2D eigenvalue weighted by Crippen LogP contribution is -2.04. The molecule has 0 saturated carbocycles. The summed E-state index contributed by atoms with van der Waals surface area (Å²) < 4.78 is 10.8. The smallest absolute Gasteiger partial charge is 0.212 e. The number of ketones is 1. The number of rotatable bonds is 7. The molecule has 0 aliphatic rings. The Kier molecular flexibility index (Phi) is 5.42. The Morgan fingerprint density at radius 3 is 2.32 bits per heavy atom.